The lowest BCUT2D eigenvalue weighted by atomic mass is 9.98. The summed E-state index contributed by atoms with van der Waals surface area (Å²) in [6.45, 7) is 1.98. The first kappa shape index (κ1) is 17.5. The Morgan fingerprint density at radius 2 is 1.32 bits per heavy atom. The molecule has 0 atom stereocenters. The lowest BCUT2D eigenvalue weighted by Crippen LogP contribution is -1.91. The summed E-state index contributed by atoms with van der Waals surface area (Å²) in [5.41, 5.74) is 4.98. The van der Waals surface area contributed by atoms with Gasteiger partial charge in [0.25, 0.3) is 0 Å². The zero-order chi connectivity index (χ0) is 17.6. The fourth-order valence-corrected chi connectivity index (χ4v) is 2.99. The summed E-state index contributed by atoms with van der Waals surface area (Å²) in [5, 5.41) is 0. The second-order valence-corrected chi connectivity index (χ2v) is 6.55. The largest absolute Gasteiger partial charge is 0.207 e. The van der Waals surface area contributed by atoms with Crippen molar-refractivity contribution in [2.75, 3.05) is 0 Å². The summed E-state index contributed by atoms with van der Waals surface area (Å²) < 4.78 is 14.3. The molecule has 0 aliphatic heterocycles. The molecular weight excluding hydrogens is 327 g/mol. The smallest absolute Gasteiger partial charge is 0.127 e. The first-order valence-electron chi connectivity index (χ1n) is 8.47. The van der Waals surface area contributed by atoms with E-state index in [1.54, 1.807) is 6.07 Å². The van der Waals surface area contributed by atoms with E-state index >= 15 is 0 Å². The molecule has 0 aliphatic carbocycles. The Kier molecular flexibility index (Phi) is 5.72. The average Bonchev–Trinajstić information content (AvgIpc) is 2.64. The van der Waals surface area contributed by atoms with Crippen LogP contribution < -0.4 is 0 Å². The van der Waals surface area contributed by atoms with Crippen LogP contribution in [-0.2, 0) is 6.42 Å². The summed E-state index contributed by atoms with van der Waals surface area (Å²) in [5.74, 6) is -0.129. The number of benzene rings is 3. The van der Waals surface area contributed by atoms with Crippen molar-refractivity contribution in [3.8, 4) is 22.3 Å². The maximum Gasteiger partial charge on any atom is 0.127 e. The van der Waals surface area contributed by atoms with E-state index in [0.717, 1.165) is 45.6 Å². The molecular formula is C23H21FS. The van der Waals surface area contributed by atoms with Gasteiger partial charge in [-0.3, -0.25) is 0 Å². The molecule has 0 saturated carbocycles. The Labute approximate surface area is 154 Å². The number of aryl methyl sites for hydroxylation is 1. The highest BCUT2D eigenvalue weighted by atomic mass is 32.1. The molecule has 2 heteroatoms. The standard InChI is InChI=1S/C23H21FS/c1-2-3-4-5-20-10-11-21(16-23(20)24)19-8-6-17(7-9-19)18-12-14-22(25)15-13-18/h2-3,6-16,25H,4-5H2,1H3/b3-2+. The minimum Gasteiger partial charge on any atom is -0.207 e. The molecule has 0 saturated heterocycles. The van der Waals surface area contributed by atoms with Gasteiger partial charge in [0.1, 0.15) is 5.82 Å². The summed E-state index contributed by atoms with van der Waals surface area (Å²) in [6, 6.07) is 21.8. The molecule has 0 amide bonds. The van der Waals surface area contributed by atoms with Crippen molar-refractivity contribution in [1.29, 1.82) is 0 Å². The van der Waals surface area contributed by atoms with Crippen LogP contribution in [0.3, 0.4) is 0 Å². The van der Waals surface area contributed by atoms with Crippen LogP contribution >= 0.6 is 12.6 Å². The van der Waals surface area contributed by atoms with E-state index < -0.39 is 0 Å². The van der Waals surface area contributed by atoms with Crippen molar-refractivity contribution in [3.63, 3.8) is 0 Å². The van der Waals surface area contributed by atoms with Crippen LogP contribution in [0.4, 0.5) is 4.39 Å². The van der Waals surface area contributed by atoms with Gasteiger partial charge in [-0.15, -0.1) is 12.6 Å². The van der Waals surface area contributed by atoms with E-state index in [9.17, 15) is 4.39 Å². The zero-order valence-corrected chi connectivity index (χ0v) is 15.1. The summed E-state index contributed by atoms with van der Waals surface area (Å²) in [6.07, 6.45) is 5.66. The Hall–Kier alpha value is -2.32. The third-order valence-corrected chi connectivity index (χ3v) is 4.59. The highest BCUT2D eigenvalue weighted by Crippen LogP contribution is 2.27. The molecule has 0 N–H and O–H groups in total. The fraction of sp³-hybridized carbons (Fsp3) is 0.130. The van der Waals surface area contributed by atoms with Crippen molar-refractivity contribution < 1.29 is 4.39 Å². The fourth-order valence-electron chi connectivity index (χ4n) is 2.84. The maximum absolute atomic E-state index is 14.3. The quantitative estimate of drug-likeness (QED) is 0.374. The van der Waals surface area contributed by atoms with Gasteiger partial charge in [0, 0.05) is 4.90 Å². The Bertz CT molecular complexity index is 862. The van der Waals surface area contributed by atoms with Crippen molar-refractivity contribution in [2.24, 2.45) is 0 Å². The van der Waals surface area contributed by atoms with Gasteiger partial charge in [0.15, 0.2) is 0 Å². The van der Waals surface area contributed by atoms with Crippen LogP contribution in [0.15, 0.2) is 83.8 Å². The van der Waals surface area contributed by atoms with Gasteiger partial charge >= 0.3 is 0 Å². The van der Waals surface area contributed by atoms with Crippen LogP contribution in [0.5, 0.6) is 0 Å². The Morgan fingerprint density at radius 3 is 1.88 bits per heavy atom. The molecule has 126 valence electrons. The highest BCUT2D eigenvalue weighted by molar-refractivity contribution is 7.80. The molecule has 0 fully saturated rings. The van der Waals surface area contributed by atoms with Crippen molar-refractivity contribution in [1.82, 2.24) is 0 Å². The van der Waals surface area contributed by atoms with E-state index in [2.05, 4.69) is 43.0 Å². The average molecular weight is 348 g/mol. The normalized spacial score (nSPS) is 11.2. The van der Waals surface area contributed by atoms with Crippen LogP contribution in [-0.4, -0.2) is 0 Å². The van der Waals surface area contributed by atoms with E-state index in [-0.39, 0.29) is 5.82 Å². The summed E-state index contributed by atoms with van der Waals surface area (Å²) in [4.78, 5) is 0.949. The van der Waals surface area contributed by atoms with E-state index in [1.807, 2.05) is 49.4 Å². The van der Waals surface area contributed by atoms with E-state index in [1.165, 1.54) is 0 Å². The van der Waals surface area contributed by atoms with Crippen LogP contribution in [0.2, 0.25) is 0 Å². The predicted octanol–water partition coefficient (Wildman–Crippen LogP) is 6.96. The molecule has 0 radical (unpaired) electrons. The first-order valence-corrected chi connectivity index (χ1v) is 8.91. The molecule has 0 bridgehead atoms. The number of hydrogen-bond donors (Lipinski definition) is 1. The Balaban J connectivity index is 1.80. The number of halogens is 1. The monoisotopic (exact) mass is 348 g/mol. The molecule has 0 heterocycles. The lowest BCUT2D eigenvalue weighted by Gasteiger charge is -2.08. The van der Waals surface area contributed by atoms with Gasteiger partial charge in [-0.05, 0) is 65.8 Å². The van der Waals surface area contributed by atoms with Crippen LogP contribution in [0.25, 0.3) is 22.3 Å². The van der Waals surface area contributed by atoms with E-state index in [4.69, 9.17) is 0 Å². The summed E-state index contributed by atoms with van der Waals surface area (Å²) >= 11 is 4.31. The second kappa shape index (κ2) is 8.17. The Morgan fingerprint density at radius 1 is 0.800 bits per heavy atom. The highest BCUT2D eigenvalue weighted by Gasteiger charge is 2.05. The van der Waals surface area contributed by atoms with Gasteiger partial charge in [-0.2, -0.15) is 0 Å². The predicted molar refractivity (Wildman–Crippen MR) is 108 cm³/mol. The molecule has 25 heavy (non-hydrogen) atoms. The topological polar surface area (TPSA) is 0 Å². The number of hydrogen-bond acceptors (Lipinski definition) is 1. The van der Waals surface area contributed by atoms with Gasteiger partial charge in [0.05, 0.1) is 0 Å². The number of thiol groups is 1. The van der Waals surface area contributed by atoms with Gasteiger partial charge in [-0.1, -0.05) is 60.7 Å². The molecule has 0 aromatic heterocycles. The molecule has 3 aromatic rings. The second-order valence-electron chi connectivity index (χ2n) is 6.04. The van der Waals surface area contributed by atoms with Crippen molar-refractivity contribution >= 4 is 12.6 Å². The number of allylic oxidation sites excluding steroid dienone is 2. The SMILES string of the molecule is C/C=C/CCc1ccc(-c2ccc(-c3ccc(S)cc3)cc2)cc1F. The van der Waals surface area contributed by atoms with Gasteiger partial charge < -0.3 is 0 Å². The van der Waals surface area contributed by atoms with Crippen LogP contribution in [0.1, 0.15) is 18.9 Å². The third-order valence-electron chi connectivity index (χ3n) is 4.29. The minimum absolute atomic E-state index is 0.129. The van der Waals surface area contributed by atoms with Crippen molar-refractivity contribution in [3.05, 3.63) is 90.3 Å². The molecule has 0 unspecified atom stereocenters. The van der Waals surface area contributed by atoms with Gasteiger partial charge in [0.2, 0.25) is 0 Å². The summed E-state index contributed by atoms with van der Waals surface area (Å²) in [7, 11) is 0. The third kappa shape index (κ3) is 4.40. The van der Waals surface area contributed by atoms with Crippen molar-refractivity contribution in [2.45, 2.75) is 24.7 Å². The van der Waals surface area contributed by atoms with Gasteiger partial charge in [-0.25, -0.2) is 4.39 Å². The lowest BCUT2D eigenvalue weighted by molar-refractivity contribution is 0.610. The molecule has 0 spiro atoms. The molecule has 3 aromatic carbocycles. The molecule has 3 rings (SSSR count). The number of rotatable bonds is 5. The van der Waals surface area contributed by atoms with E-state index in [0.29, 0.717) is 0 Å². The minimum atomic E-state index is -0.129. The van der Waals surface area contributed by atoms with Crippen LogP contribution in [0, 0.1) is 5.82 Å². The molecule has 0 nitrogen and oxygen atoms in total. The maximum atomic E-state index is 14.3. The first-order chi connectivity index (χ1) is 12.2. The molecule has 0 aliphatic rings. The zero-order valence-electron chi connectivity index (χ0n) is 14.2.